The maximum Gasteiger partial charge on any atom is 0.145 e. The van der Waals surface area contributed by atoms with E-state index in [2.05, 4.69) is 28.2 Å². The summed E-state index contributed by atoms with van der Waals surface area (Å²) in [5.41, 5.74) is 1.45. The summed E-state index contributed by atoms with van der Waals surface area (Å²) in [5.74, 6) is 1.51. The van der Waals surface area contributed by atoms with Crippen LogP contribution in [-0.2, 0) is 0 Å². The first-order valence-electron chi connectivity index (χ1n) is 7.07. The lowest BCUT2D eigenvalue weighted by Gasteiger charge is -2.15. The SMILES string of the molecule is CCCN1CCC(CNc2ccc(C)c(C#N)n2)C1. The second-order valence-electron chi connectivity index (χ2n) is 5.31. The van der Waals surface area contributed by atoms with Gasteiger partial charge in [0.15, 0.2) is 0 Å². The minimum atomic E-state index is 0.518. The number of aryl methyl sites for hydroxylation is 1. The summed E-state index contributed by atoms with van der Waals surface area (Å²) in [7, 11) is 0. The highest BCUT2D eigenvalue weighted by atomic mass is 15.1. The summed E-state index contributed by atoms with van der Waals surface area (Å²) < 4.78 is 0. The van der Waals surface area contributed by atoms with Crippen molar-refractivity contribution in [2.45, 2.75) is 26.7 Å². The molecular formula is C15H22N4. The fourth-order valence-corrected chi connectivity index (χ4v) is 2.59. The highest BCUT2D eigenvalue weighted by Gasteiger charge is 2.21. The van der Waals surface area contributed by atoms with E-state index in [-0.39, 0.29) is 0 Å². The molecule has 0 aliphatic carbocycles. The van der Waals surface area contributed by atoms with Crippen LogP contribution >= 0.6 is 0 Å². The van der Waals surface area contributed by atoms with Crippen molar-refractivity contribution in [1.29, 1.82) is 5.26 Å². The first-order chi connectivity index (χ1) is 9.22. The Bertz CT molecular complexity index is 464. The predicted octanol–water partition coefficient (Wildman–Crippen LogP) is 2.41. The van der Waals surface area contributed by atoms with Crippen LogP contribution in [0.3, 0.4) is 0 Å². The lowest BCUT2D eigenvalue weighted by molar-refractivity contribution is 0.327. The van der Waals surface area contributed by atoms with E-state index < -0.39 is 0 Å². The fraction of sp³-hybridized carbons (Fsp3) is 0.600. The average molecular weight is 258 g/mol. The van der Waals surface area contributed by atoms with Crippen LogP contribution in [0.4, 0.5) is 5.82 Å². The largest absolute Gasteiger partial charge is 0.370 e. The third kappa shape index (κ3) is 3.68. The molecule has 4 heteroatoms. The van der Waals surface area contributed by atoms with Crippen molar-refractivity contribution in [3.8, 4) is 6.07 Å². The van der Waals surface area contributed by atoms with E-state index in [1.165, 1.54) is 32.5 Å². The highest BCUT2D eigenvalue weighted by molar-refractivity contribution is 5.42. The first kappa shape index (κ1) is 13.8. The molecule has 2 rings (SSSR count). The number of pyridine rings is 1. The molecule has 0 amide bonds. The number of nitrogens with one attached hydrogen (secondary N) is 1. The number of nitrogens with zero attached hydrogens (tertiary/aromatic N) is 3. The monoisotopic (exact) mass is 258 g/mol. The predicted molar refractivity (Wildman–Crippen MR) is 77.0 cm³/mol. The van der Waals surface area contributed by atoms with Crippen LogP contribution in [0.5, 0.6) is 0 Å². The zero-order chi connectivity index (χ0) is 13.7. The third-order valence-corrected chi connectivity index (χ3v) is 3.68. The van der Waals surface area contributed by atoms with Gasteiger partial charge in [0.2, 0.25) is 0 Å². The Balaban J connectivity index is 1.85. The van der Waals surface area contributed by atoms with Gasteiger partial charge in [0.05, 0.1) is 0 Å². The minimum absolute atomic E-state index is 0.518. The van der Waals surface area contributed by atoms with E-state index in [4.69, 9.17) is 5.26 Å². The zero-order valence-corrected chi connectivity index (χ0v) is 11.8. The van der Waals surface area contributed by atoms with Gasteiger partial charge < -0.3 is 10.2 Å². The van der Waals surface area contributed by atoms with E-state index in [1.54, 1.807) is 0 Å². The molecule has 1 aliphatic rings. The summed E-state index contributed by atoms with van der Waals surface area (Å²) in [6, 6.07) is 6.03. The summed E-state index contributed by atoms with van der Waals surface area (Å²) in [5, 5.41) is 12.3. The Morgan fingerprint density at radius 2 is 2.37 bits per heavy atom. The molecule has 0 bridgehead atoms. The van der Waals surface area contributed by atoms with Crippen LogP contribution in [0.15, 0.2) is 12.1 Å². The Morgan fingerprint density at radius 1 is 1.53 bits per heavy atom. The number of aromatic nitrogens is 1. The molecule has 1 aromatic heterocycles. The lowest BCUT2D eigenvalue weighted by atomic mass is 10.1. The molecule has 1 aliphatic heterocycles. The molecule has 2 heterocycles. The van der Waals surface area contributed by atoms with E-state index in [9.17, 15) is 0 Å². The van der Waals surface area contributed by atoms with Crippen LogP contribution in [-0.4, -0.2) is 36.1 Å². The summed E-state index contributed by atoms with van der Waals surface area (Å²) in [4.78, 5) is 6.84. The third-order valence-electron chi connectivity index (χ3n) is 3.68. The van der Waals surface area contributed by atoms with Crippen molar-refractivity contribution in [1.82, 2.24) is 9.88 Å². The van der Waals surface area contributed by atoms with E-state index in [1.807, 2.05) is 19.1 Å². The summed E-state index contributed by atoms with van der Waals surface area (Å²) in [6.07, 6.45) is 2.48. The van der Waals surface area contributed by atoms with Crippen LogP contribution in [0, 0.1) is 24.2 Å². The number of hydrogen-bond acceptors (Lipinski definition) is 4. The van der Waals surface area contributed by atoms with Gasteiger partial charge in [-0.2, -0.15) is 5.26 Å². The Morgan fingerprint density at radius 3 is 3.11 bits per heavy atom. The van der Waals surface area contributed by atoms with Crippen molar-refractivity contribution in [3.63, 3.8) is 0 Å². The smallest absolute Gasteiger partial charge is 0.145 e. The van der Waals surface area contributed by atoms with Crippen molar-refractivity contribution >= 4 is 5.82 Å². The second-order valence-corrected chi connectivity index (χ2v) is 5.31. The zero-order valence-electron chi connectivity index (χ0n) is 11.8. The van der Waals surface area contributed by atoms with Crippen molar-refractivity contribution in [2.75, 3.05) is 31.5 Å². The van der Waals surface area contributed by atoms with Gasteiger partial charge in [0, 0.05) is 13.1 Å². The minimum Gasteiger partial charge on any atom is -0.370 e. The standard InChI is InChI=1S/C15H22N4/c1-3-7-19-8-6-13(11-19)10-17-15-5-4-12(2)14(9-16)18-15/h4-5,13H,3,6-8,10-11H2,1-2H3,(H,17,18). The quantitative estimate of drug-likeness (QED) is 0.881. The van der Waals surface area contributed by atoms with E-state index in [0.717, 1.165) is 17.9 Å². The van der Waals surface area contributed by atoms with Gasteiger partial charge in [0.25, 0.3) is 0 Å². The first-order valence-corrected chi connectivity index (χ1v) is 7.07. The summed E-state index contributed by atoms with van der Waals surface area (Å²) in [6.45, 7) is 8.68. The van der Waals surface area contributed by atoms with Crippen molar-refractivity contribution in [2.24, 2.45) is 5.92 Å². The molecule has 19 heavy (non-hydrogen) atoms. The molecule has 1 atom stereocenters. The number of hydrogen-bond donors (Lipinski definition) is 1. The van der Waals surface area contributed by atoms with Gasteiger partial charge in [-0.15, -0.1) is 0 Å². The molecule has 0 spiro atoms. The fourth-order valence-electron chi connectivity index (χ4n) is 2.59. The van der Waals surface area contributed by atoms with Crippen LogP contribution in [0.2, 0.25) is 0 Å². The highest BCUT2D eigenvalue weighted by Crippen LogP contribution is 2.17. The molecular weight excluding hydrogens is 236 g/mol. The molecule has 1 unspecified atom stereocenters. The van der Waals surface area contributed by atoms with Gasteiger partial charge in [-0.3, -0.25) is 0 Å². The molecule has 1 saturated heterocycles. The Labute approximate surface area is 115 Å². The molecule has 102 valence electrons. The average Bonchev–Trinajstić information content (AvgIpc) is 2.86. The van der Waals surface area contributed by atoms with Crippen LogP contribution < -0.4 is 5.32 Å². The van der Waals surface area contributed by atoms with Crippen molar-refractivity contribution < 1.29 is 0 Å². The van der Waals surface area contributed by atoms with Crippen LogP contribution in [0.25, 0.3) is 0 Å². The molecule has 0 saturated carbocycles. The van der Waals surface area contributed by atoms with Crippen LogP contribution in [0.1, 0.15) is 31.0 Å². The van der Waals surface area contributed by atoms with Gasteiger partial charge in [-0.1, -0.05) is 13.0 Å². The van der Waals surface area contributed by atoms with E-state index in [0.29, 0.717) is 11.6 Å². The maximum absolute atomic E-state index is 8.97. The molecule has 1 N–H and O–H groups in total. The lowest BCUT2D eigenvalue weighted by Crippen LogP contribution is -2.23. The normalized spacial score (nSPS) is 19.3. The molecule has 1 aromatic rings. The van der Waals surface area contributed by atoms with Gasteiger partial charge in [-0.25, -0.2) is 4.98 Å². The topological polar surface area (TPSA) is 52.0 Å². The molecule has 1 fully saturated rings. The molecule has 4 nitrogen and oxygen atoms in total. The van der Waals surface area contributed by atoms with E-state index >= 15 is 0 Å². The Hall–Kier alpha value is -1.60. The maximum atomic E-state index is 8.97. The molecule has 0 aromatic carbocycles. The summed E-state index contributed by atoms with van der Waals surface area (Å²) >= 11 is 0. The van der Waals surface area contributed by atoms with Gasteiger partial charge in [-0.05, 0) is 50.4 Å². The van der Waals surface area contributed by atoms with Gasteiger partial charge in [0.1, 0.15) is 17.6 Å². The second kappa shape index (κ2) is 6.53. The van der Waals surface area contributed by atoms with Crippen molar-refractivity contribution in [3.05, 3.63) is 23.4 Å². The molecule has 0 radical (unpaired) electrons. The number of rotatable bonds is 5. The van der Waals surface area contributed by atoms with Gasteiger partial charge >= 0.3 is 0 Å². The Kier molecular flexibility index (Phi) is 4.75. The number of likely N-dealkylation sites (tertiary alicyclic amines) is 1. The number of anilines is 1. The number of nitriles is 1.